The highest BCUT2D eigenvalue weighted by Gasteiger charge is 2.39. The van der Waals surface area contributed by atoms with Gasteiger partial charge in [-0.2, -0.15) is 0 Å². The molecule has 1 aromatic carbocycles. The van der Waals surface area contributed by atoms with Gasteiger partial charge in [-0.25, -0.2) is 4.79 Å². The number of carbonyl (C=O) groups excluding carboxylic acids is 1. The van der Waals surface area contributed by atoms with Crippen molar-refractivity contribution in [3.63, 3.8) is 0 Å². The molecule has 116 valence electrons. The minimum Gasteiger partial charge on any atom is -0.464 e. The average Bonchev–Trinajstić information content (AvgIpc) is 2.50. The topological polar surface area (TPSA) is 58.8 Å². The molecule has 2 N–H and O–H groups in total. The van der Waals surface area contributed by atoms with Crippen LogP contribution in [0.5, 0.6) is 0 Å². The highest BCUT2D eigenvalue weighted by molar-refractivity contribution is 5.82. The van der Waals surface area contributed by atoms with Crippen LogP contribution in [0, 0.1) is 0 Å². The van der Waals surface area contributed by atoms with E-state index in [4.69, 9.17) is 10.5 Å². The van der Waals surface area contributed by atoms with Crippen LogP contribution in [-0.2, 0) is 15.1 Å². The molecule has 1 atom stereocenters. The third-order valence-electron chi connectivity index (χ3n) is 4.00. The van der Waals surface area contributed by atoms with Crippen LogP contribution >= 0.6 is 0 Å². The van der Waals surface area contributed by atoms with Crippen molar-refractivity contribution in [2.45, 2.75) is 12.5 Å². The van der Waals surface area contributed by atoms with Crippen LogP contribution in [-0.4, -0.2) is 62.1 Å². The molecule has 1 heterocycles. The zero-order valence-electron chi connectivity index (χ0n) is 12.9. The number of nitrogens with zero attached hydrogens (tertiary/aromatic N) is 2. The number of rotatable bonds is 5. The fourth-order valence-electron chi connectivity index (χ4n) is 2.63. The van der Waals surface area contributed by atoms with Crippen LogP contribution in [0.25, 0.3) is 0 Å². The lowest BCUT2D eigenvalue weighted by molar-refractivity contribution is -0.151. The van der Waals surface area contributed by atoms with Gasteiger partial charge in [0, 0.05) is 32.7 Å². The van der Waals surface area contributed by atoms with Crippen LogP contribution in [0.4, 0.5) is 0 Å². The smallest absolute Gasteiger partial charge is 0.332 e. The summed E-state index contributed by atoms with van der Waals surface area (Å²) in [5.41, 5.74) is 6.19. The van der Waals surface area contributed by atoms with Crippen molar-refractivity contribution in [2.75, 3.05) is 46.4 Å². The zero-order valence-corrected chi connectivity index (χ0v) is 12.9. The minimum atomic E-state index is -1.10. The SMILES string of the molecule is CCOC(=O)C(N)(CN1CCN(C)CC1)c1ccccc1. The number of hydrogen-bond donors (Lipinski definition) is 1. The van der Waals surface area contributed by atoms with Gasteiger partial charge in [-0.15, -0.1) is 0 Å². The highest BCUT2D eigenvalue weighted by atomic mass is 16.5. The van der Waals surface area contributed by atoms with E-state index in [2.05, 4.69) is 16.8 Å². The first-order valence-corrected chi connectivity index (χ1v) is 7.49. The summed E-state index contributed by atoms with van der Waals surface area (Å²) in [6, 6.07) is 9.52. The molecule has 1 aliphatic heterocycles. The van der Waals surface area contributed by atoms with Gasteiger partial charge in [0.1, 0.15) is 0 Å². The number of esters is 1. The number of piperazine rings is 1. The number of carbonyl (C=O) groups is 1. The largest absolute Gasteiger partial charge is 0.464 e. The van der Waals surface area contributed by atoms with Gasteiger partial charge >= 0.3 is 5.97 Å². The van der Waals surface area contributed by atoms with Crippen molar-refractivity contribution in [3.05, 3.63) is 35.9 Å². The van der Waals surface area contributed by atoms with Crippen LogP contribution in [0.3, 0.4) is 0 Å². The molecule has 1 saturated heterocycles. The Morgan fingerprint density at radius 2 is 1.86 bits per heavy atom. The van der Waals surface area contributed by atoms with E-state index in [1.807, 2.05) is 30.3 Å². The van der Waals surface area contributed by atoms with E-state index in [1.54, 1.807) is 6.92 Å². The van der Waals surface area contributed by atoms with E-state index in [1.165, 1.54) is 0 Å². The summed E-state index contributed by atoms with van der Waals surface area (Å²) in [6.07, 6.45) is 0. The standard InChI is InChI=1S/C16H25N3O2/c1-3-21-15(20)16(17,14-7-5-4-6-8-14)13-19-11-9-18(2)10-12-19/h4-8H,3,9-13,17H2,1-2H3. The molecule has 0 aliphatic carbocycles. The number of likely N-dealkylation sites (N-methyl/N-ethyl adjacent to an activating group) is 1. The molecule has 0 amide bonds. The van der Waals surface area contributed by atoms with Gasteiger partial charge in [-0.3, -0.25) is 4.90 Å². The second-order valence-corrected chi connectivity index (χ2v) is 5.64. The molecule has 21 heavy (non-hydrogen) atoms. The van der Waals surface area contributed by atoms with E-state index in [-0.39, 0.29) is 5.97 Å². The molecule has 0 aromatic heterocycles. The number of hydrogen-bond acceptors (Lipinski definition) is 5. The van der Waals surface area contributed by atoms with Crippen molar-refractivity contribution in [3.8, 4) is 0 Å². The van der Waals surface area contributed by atoms with Crippen molar-refractivity contribution >= 4 is 5.97 Å². The Labute approximate surface area is 126 Å². The molecule has 0 bridgehead atoms. The van der Waals surface area contributed by atoms with Gasteiger partial charge in [-0.1, -0.05) is 30.3 Å². The monoisotopic (exact) mass is 291 g/mol. The van der Waals surface area contributed by atoms with Crippen molar-refractivity contribution in [1.29, 1.82) is 0 Å². The lowest BCUT2D eigenvalue weighted by Crippen LogP contribution is -2.57. The molecular formula is C16H25N3O2. The first-order valence-electron chi connectivity index (χ1n) is 7.49. The predicted octanol–water partition coefficient (Wildman–Crippen LogP) is 0.651. The molecule has 0 spiro atoms. The van der Waals surface area contributed by atoms with Crippen molar-refractivity contribution in [2.24, 2.45) is 5.73 Å². The third kappa shape index (κ3) is 3.81. The van der Waals surface area contributed by atoms with Crippen LogP contribution in [0.15, 0.2) is 30.3 Å². The molecule has 5 heteroatoms. The Morgan fingerprint density at radius 1 is 1.24 bits per heavy atom. The highest BCUT2D eigenvalue weighted by Crippen LogP contribution is 2.22. The first-order chi connectivity index (χ1) is 10.1. The quantitative estimate of drug-likeness (QED) is 0.807. The first kappa shape index (κ1) is 15.9. The average molecular weight is 291 g/mol. The summed E-state index contributed by atoms with van der Waals surface area (Å²) >= 11 is 0. The molecule has 1 aliphatic rings. The van der Waals surface area contributed by atoms with Gasteiger partial charge in [0.2, 0.25) is 0 Å². The fourth-order valence-corrected chi connectivity index (χ4v) is 2.63. The molecule has 1 fully saturated rings. The maximum Gasteiger partial charge on any atom is 0.332 e. The summed E-state index contributed by atoms with van der Waals surface area (Å²) < 4.78 is 5.22. The van der Waals surface area contributed by atoms with Gasteiger partial charge in [-0.05, 0) is 19.5 Å². The van der Waals surface area contributed by atoms with E-state index in [9.17, 15) is 4.79 Å². The number of nitrogens with two attached hydrogens (primary N) is 1. The summed E-state index contributed by atoms with van der Waals surface area (Å²) in [5.74, 6) is -0.352. The van der Waals surface area contributed by atoms with Crippen LogP contribution in [0.2, 0.25) is 0 Å². The Kier molecular flexibility index (Phi) is 5.33. The molecule has 0 radical (unpaired) electrons. The second kappa shape index (κ2) is 7.02. The predicted molar refractivity (Wildman–Crippen MR) is 82.9 cm³/mol. The van der Waals surface area contributed by atoms with Crippen LogP contribution in [0.1, 0.15) is 12.5 Å². The number of benzene rings is 1. The summed E-state index contributed by atoms with van der Waals surface area (Å²) in [4.78, 5) is 16.9. The van der Waals surface area contributed by atoms with E-state index in [0.717, 1.165) is 31.7 Å². The Bertz CT molecular complexity index is 458. The van der Waals surface area contributed by atoms with Gasteiger partial charge in [0.15, 0.2) is 5.54 Å². The fraction of sp³-hybridized carbons (Fsp3) is 0.562. The van der Waals surface area contributed by atoms with Gasteiger partial charge < -0.3 is 15.4 Å². The van der Waals surface area contributed by atoms with E-state index < -0.39 is 5.54 Å². The van der Waals surface area contributed by atoms with Crippen molar-refractivity contribution in [1.82, 2.24) is 9.80 Å². The summed E-state index contributed by atoms with van der Waals surface area (Å²) in [6.45, 7) is 6.46. The Hall–Kier alpha value is -1.43. The maximum atomic E-state index is 12.4. The van der Waals surface area contributed by atoms with Gasteiger partial charge in [0.25, 0.3) is 0 Å². The van der Waals surface area contributed by atoms with Crippen LogP contribution < -0.4 is 5.73 Å². The lowest BCUT2D eigenvalue weighted by atomic mass is 9.90. The third-order valence-corrected chi connectivity index (χ3v) is 4.00. The van der Waals surface area contributed by atoms with Gasteiger partial charge in [0.05, 0.1) is 6.61 Å². The second-order valence-electron chi connectivity index (χ2n) is 5.64. The molecule has 5 nitrogen and oxygen atoms in total. The molecule has 1 unspecified atom stereocenters. The van der Waals surface area contributed by atoms with E-state index in [0.29, 0.717) is 13.2 Å². The van der Waals surface area contributed by atoms with Crippen molar-refractivity contribution < 1.29 is 9.53 Å². The zero-order chi connectivity index (χ0) is 15.3. The minimum absolute atomic E-state index is 0.341. The Morgan fingerprint density at radius 3 is 2.43 bits per heavy atom. The normalized spacial score (nSPS) is 20.0. The maximum absolute atomic E-state index is 12.4. The van der Waals surface area contributed by atoms with E-state index >= 15 is 0 Å². The lowest BCUT2D eigenvalue weighted by Gasteiger charge is -2.38. The molecule has 1 aromatic rings. The molecule has 2 rings (SSSR count). The Balaban J connectivity index is 2.18. The molecular weight excluding hydrogens is 266 g/mol. The molecule has 0 saturated carbocycles. The number of ether oxygens (including phenoxy) is 1. The summed E-state index contributed by atoms with van der Waals surface area (Å²) in [7, 11) is 2.11. The summed E-state index contributed by atoms with van der Waals surface area (Å²) in [5, 5.41) is 0.